The van der Waals surface area contributed by atoms with Crippen molar-refractivity contribution in [2.75, 3.05) is 10.6 Å². The van der Waals surface area contributed by atoms with Crippen molar-refractivity contribution in [2.45, 2.75) is 34.1 Å². The standard InChI is InChI=1S/C16H22N2O2/c1-10-9-13(10)14(19)17-11-5-7-12(8-6-11)18-15(20)16(2,3)4/h5-8,10,13H,9H2,1-4H3,(H,17,19)(H,18,20)/t10-,13+/m1/s1. The van der Waals surface area contributed by atoms with Crippen molar-refractivity contribution in [3.63, 3.8) is 0 Å². The van der Waals surface area contributed by atoms with Crippen molar-refractivity contribution in [1.29, 1.82) is 0 Å². The Bertz CT molecular complexity index is 514. The highest BCUT2D eigenvalue weighted by molar-refractivity contribution is 5.96. The number of anilines is 2. The van der Waals surface area contributed by atoms with Gasteiger partial charge in [-0.2, -0.15) is 0 Å². The maximum absolute atomic E-state index is 11.8. The molecule has 1 aliphatic rings. The van der Waals surface area contributed by atoms with Crippen LogP contribution < -0.4 is 10.6 Å². The first-order valence-electron chi connectivity index (χ1n) is 7.00. The number of hydrogen-bond donors (Lipinski definition) is 2. The van der Waals surface area contributed by atoms with Gasteiger partial charge in [0.05, 0.1) is 0 Å². The second-order valence-corrected chi connectivity index (χ2v) is 6.59. The summed E-state index contributed by atoms with van der Waals surface area (Å²) >= 11 is 0. The van der Waals surface area contributed by atoms with E-state index in [1.54, 1.807) is 12.1 Å². The zero-order valence-corrected chi connectivity index (χ0v) is 12.5. The van der Waals surface area contributed by atoms with Crippen LogP contribution in [0.1, 0.15) is 34.1 Å². The minimum absolute atomic E-state index is 0.0268. The molecule has 1 saturated carbocycles. The summed E-state index contributed by atoms with van der Waals surface area (Å²) < 4.78 is 0. The minimum Gasteiger partial charge on any atom is -0.326 e. The molecule has 0 saturated heterocycles. The molecule has 0 aliphatic heterocycles. The third-order valence-corrected chi connectivity index (χ3v) is 3.54. The molecule has 0 spiro atoms. The predicted octanol–water partition coefficient (Wildman–Crippen LogP) is 3.27. The number of amides is 2. The first-order valence-corrected chi connectivity index (χ1v) is 7.00. The molecule has 20 heavy (non-hydrogen) atoms. The summed E-state index contributed by atoms with van der Waals surface area (Å²) in [7, 11) is 0. The lowest BCUT2D eigenvalue weighted by atomic mass is 9.95. The van der Waals surface area contributed by atoms with Crippen LogP contribution in [0.15, 0.2) is 24.3 Å². The highest BCUT2D eigenvalue weighted by atomic mass is 16.2. The Kier molecular flexibility index (Phi) is 3.84. The van der Waals surface area contributed by atoms with Crippen LogP contribution >= 0.6 is 0 Å². The SMILES string of the molecule is C[C@@H]1C[C@@H]1C(=O)Nc1ccc(NC(=O)C(C)(C)C)cc1. The van der Waals surface area contributed by atoms with Crippen LogP contribution in [-0.4, -0.2) is 11.8 Å². The van der Waals surface area contributed by atoms with Crippen LogP contribution in [0, 0.1) is 17.3 Å². The van der Waals surface area contributed by atoms with Crippen molar-refractivity contribution >= 4 is 23.2 Å². The quantitative estimate of drug-likeness (QED) is 0.888. The van der Waals surface area contributed by atoms with Gasteiger partial charge in [-0.05, 0) is 36.6 Å². The van der Waals surface area contributed by atoms with Gasteiger partial charge < -0.3 is 10.6 Å². The van der Waals surface area contributed by atoms with E-state index in [2.05, 4.69) is 17.6 Å². The lowest BCUT2D eigenvalue weighted by Gasteiger charge is -2.17. The molecule has 2 atom stereocenters. The number of nitrogens with one attached hydrogen (secondary N) is 2. The van der Waals surface area contributed by atoms with Crippen molar-refractivity contribution < 1.29 is 9.59 Å². The van der Waals surface area contributed by atoms with Gasteiger partial charge in [-0.15, -0.1) is 0 Å². The van der Waals surface area contributed by atoms with Crippen LogP contribution in [0.3, 0.4) is 0 Å². The van der Waals surface area contributed by atoms with E-state index in [0.717, 1.165) is 17.8 Å². The zero-order chi connectivity index (χ0) is 14.9. The molecule has 0 aromatic heterocycles. The van der Waals surface area contributed by atoms with Crippen molar-refractivity contribution in [2.24, 2.45) is 17.3 Å². The first kappa shape index (κ1) is 14.6. The maximum atomic E-state index is 11.8. The minimum atomic E-state index is -0.422. The average Bonchev–Trinajstić information content (AvgIpc) is 3.08. The van der Waals surface area contributed by atoms with Gasteiger partial charge in [-0.1, -0.05) is 27.7 Å². The topological polar surface area (TPSA) is 58.2 Å². The molecule has 0 heterocycles. The molecule has 2 amide bonds. The van der Waals surface area contributed by atoms with Gasteiger partial charge in [0.25, 0.3) is 0 Å². The number of hydrogen-bond acceptors (Lipinski definition) is 2. The van der Waals surface area contributed by atoms with Crippen LogP contribution in [0.25, 0.3) is 0 Å². The van der Waals surface area contributed by atoms with Crippen LogP contribution in [0.5, 0.6) is 0 Å². The van der Waals surface area contributed by atoms with Gasteiger partial charge in [-0.3, -0.25) is 9.59 Å². The molecule has 4 heteroatoms. The normalized spacial score (nSPS) is 21.2. The number of carbonyl (C=O) groups excluding carboxylic acids is 2. The molecule has 1 aliphatic carbocycles. The third kappa shape index (κ3) is 3.59. The highest BCUT2D eigenvalue weighted by Gasteiger charge is 2.39. The van der Waals surface area contributed by atoms with Crippen molar-refractivity contribution in [1.82, 2.24) is 0 Å². The largest absolute Gasteiger partial charge is 0.326 e. The first-order chi connectivity index (χ1) is 9.27. The average molecular weight is 274 g/mol. The summed E-state index contributed by atoms with van der Waals surface area (Å²) in [6.45, 7) is 7.69. The summed E-state index contributed by atoms with van der Waals surface area (Å²) in [6.07, 6.45) is 0.978. The lowest BCUT2D eigenvalue weighted by Crippen LogP contribution is -2.27. The zero-order valence-electron chi connectivity index (χ0n) is 12.5. The highest BCUT2D eigenvalue weighted by Crippen LogP contribution is 2.38. The molecular formula is C16H22N2O2. The van der Waals surface area contributed by atoms with Gasteiger partial charge in [0, 0.05) is 22.7 Å². The maximum Gasteiger partial charge on any atom is 0.229 e. The van der Waals surface area contributed by atoms with Crippen molar-refractivity contribution in [3.05, 3.63) is 24.3 Å². The third-order valence-electron chi connectivity index (χ3n) is 3.54. The summed E-state index contributed by atoms with van der Waals surface area (Å²) in [5.41, 5.74) is 1.08. The molecule has 4 nitrogen and oxygen atoms in total. The monoisotopic (exact) mass is 274 g/mol. The van der Waals surface area contributed by atoms with E-state index in [0.29, 0.717) is 5.92 Å². The fraction of sp³-hybridized carbons (Fsp3) is 0.500. The van der Waals surface area contributed by atoms with E-state index >= 15 is 0 Å². The molecule has 0 bridgehead atoms. The molecule has 1 fully saturated rings. The molecule has 1 aromatic rings. The number of benzene rings is 1. The van der Waals surface area contributed by atoms with E-state index < -0.39 is 5.41 Å². The second kappa shape index (κ2) is 5.27. The summed E-state index contributed by atoms with van der Waals surface area (Å²) in [5.74, 6) is 0.723. The fourth-order valence-electron chi connectivity index (χ4n) is 1.88. The van der Waals surface area contributed by atoms with E-state index in [1.807, 2.05) is 32.9 Å². The smallest absolute Gasteiger partial charge is 0.229 e. The Labute approximate surface area is 119 Å². The van der Waals surface area contributed by atoms with Crippen LogP contribution in [-0.2, 0) is 9.59 Å². The molecule has 1 aromatic carbocycles. The Hall–Kier alpha value is -1.84. The molecule has 2 rings (SSSR count). The molecule has 2 N–H and O–H groups in total. The van der Waals surface area contributed by atoms with E-state index in [-0.39, 0.29) is 17.7 Å². The Morgan fingerprint density at radius 2 is 1.50 bits per heavy atom. The fourth-order valence-corrected chi connectivity index (χ4v) is 1.88. The summed E-state index contributed by atoms with van der Waals surface area (Å²) in [4.78, 5) is 23.6. The van der Waals surface area contributed by atoms with Gasteiger partial charge >= 0.3 is 0 Å². The second-order valence-electron chi connectivity index (χ2n) is 6.59. The van der Waals surface area contributed by atoms with Crippen LogP contribution in [0.4, 0.5) is 11.4 Å². The Morgan fingerprint density at radius 3 is 1.90 bits per heavy atom. The Morgan fingerprint density at radius 1 is 1.05 bits per heavy atom. The molecule has 0 unspecified atom stereocenters. The molecular weight excluding hydrogens is 252 g/mol. The number of carbonyl (C=O) groups is 2. The van der Waals surface area contributed by atoms with E-state index in [1.165, 1.54) is 0 Å². The summed E-state index contributed by atoms with van der Waals surface area (Å²) in [5, 5.41) is 5.75. The summed E-state index contributed by atoms with van der Waals surface area (Å²) in [6, 6.07) is 7.22. The van der Waals surface area contributed by atoms with E-state index in [4.69, 9.17) is 0 Å². The Balaban J connectivity index is 1.93. The lowest BCUT2D eigenvalue weighted by molar-refractivity contribution is -0.123. The van der Waals surface area contributed by atoms with Crippen molar-refractivity contribution in [3.8, 4) is 0 Å². The predicted molar refractivity (Wildman–Crippen MR) is 80.4 cm³/mol. The number of rotatable bonds is 3. The van der Waals surface area contributed by atoms with Crippen LogP contribution in [0.2, 0.25) is 0 Å². The van der Waals surface area contributed by atoms with Gasteiger partial charge in [0.2, 0.25) is 11.8 Å². The van der Waals surface area contributed by atoms with E-state index in [9.17, 15) is 9.59 Å². The van der Waals surface area contributed by atoms with Gasteiger partial charge in [0.1, 0.15) is 0 Å². The van der Waals surface area contributed by atoms with Gasteiger partial charge in [0.15, 0.2) is 0 Å². The molecule has 0 radical (unpaired) electrons. The van der Waals surface area contributed by atoms with Gasteiger partial charge in [-0.25, -0.2) is 0 Å². The molecule has 108 valence electrons.